The van der Waals surface area contributed by atoms with Gasteiger partial charge in [0, 0.05) is 6.04 Å². The zero-order valence-electron chi connectivity index (χ0n) is 10.8. The summed E-state index contributed by atoms with van der Waals surface area (Å²) in [7, 11) is 0. The van der Waals surface area contributed by atoms with Crippen LogP contribution in [0.2, 0.25) is 0 Å². The monoisotopic (exact) mass is 253 g/mol. The molecule has 1 fully saturated rings. The highest BCUT2D eigenvalue weighted by Gasteiger charge is 2.24. The molecule has 1 aliphatic rings. The standard InChI is InChI=1S/C15H21F2N/c1-10-5-7-11(8-6-10)14(18)9-12-3-2-4-13(16)15(12)17/h2-4,10-11,14H,5-9,18H2,1H3. The van der Waals surface area contributed by atoms with Gasteiger partial charge in [0.1, 0.15) is 0 Å². The van der Waals surface area contributed by atoms with Crippen molar-refractivity contribution in [2.24, 2.45) is 17.6 Å². The Morgan fingerprint density at radius 1 is 1.22 bits per heavy atom. The first-order valence-corrected chi connectivity index (χ1v) is 6.76. The summed E-state index contributed by atoms with van der Waals surface area (Å²) in [6, 6.07) is 4.26. The van der Waals surface area contributed by atoms with Crippen LogP contribution in [0.15, 0.2) is 18.2 Å². The summed E-state index contributed by atoms with van der Waals surface area (Å²) in [5.41, 5.74) is 6.56. The number of hydrogen-bond acceptors (Lipinski definition) is 1. The molecule has 1 aromatic rings. The van der Waals surface area contributed by atoms with E-state index in [0.717, 1.165) is 24.8 Å². The van der Waals surface area contributed by atoms with Gasteiger partial charge in [-0.15, -0.1) is 0 Å². The Morgan fingerprint density at radius 2 is 1.89 bits per heavy atom. The van der Waals surface area contributed by atoms with Gasteiger partial charge in [0.05, 0.1) is 0 Å². The normalized spacial score (nSPS) is 26.0. The number of benzene rings is 1. The maximum absolute atomic E-state index is 13.6. The molecule has 0 aliphatic heterocycles. The lowest BCUT2D eigenvalue weighted by molar-refractivity contribution is 0.252. The summed E-state index contributed by atoms with van der Waals surface area (Å²) in [5, 5.41) is 0. The molecule has 100 valence electrons. The van der Waals surface area contributed by atoms with Gasteiger partial charge in [0.15, 0.2) is 11.6 Å². The maximum atomic E-state index is 13.6. The van der Waals surface area contributed by atoms with E-state index in [4.69, 9.17) is 5.73 Å². The zero-order chi connectivity index (χ0) is 13.1. The minimum atomic E-state index is -0.781. The summed E-state index contributed by atoms with van der Waals surface area (Å²) in [4.78, 5) is 0. The fourth-order valence-electron chi connectivity index (χ4n) is 2.84. The first-order valence-electron chi connectivity index (χ1n) is 6.76. The highest BCUT2D eigenvalue weighted by molar-refractivity contribution is 5.20. The minimum absolute atomic E-state index is 0.0613. The van der Waals surface area contributed by atoms with Crippen LogP contribution in [0.1, 0.15) is 38.2 Å². The first kappa shape index (κ1) is 13.5. The molecule has 1 unspecified atom stereocenters. The second kappa shape index (κ2) is 5.79. The maximum Gasteiger partial charge on any atom is 0.162 e. The Balaban J connectivity index is 1.98. The molecule has 1 aliphatic carbocycles. The smallest absolute Gasteiger partial charge is 0.162 e. The molecule has 1 nitrogen and oxygen atoms in total. The van der Waals surface area contributed by atoms with Gasteiger partial charge in [-0.3, -0.25) is 0 Å². The van der Waals surface area contributed by atoms with Gasteiger partial charge in [0.25, 0.3) is 0 Å². The molecule has 1 aromatic carbocycles. The zero-order valence-corrected chi connectivity index (χ0v) is 10.8. The predicted molar refractivity (Wildman–Crippen MR) is 69.2 cm³/mol. The van der Waals surface area contributed by atoms with Crippen molar-refractivity contribution in [1.82, 2.24) is 0 Å². The second-order valence-corrected chi connectivity index (χ2v) is 5.60. The number of hydrogen-bond donors (Lipinski definition) is 1. The molecule has 0 spiro atoms. The van der Waals surface area contributed by atoms with E-state index in [1.165, 1.54) is 12.8 Å². The first-order chi connectivity index (χ1) is 8.58. The molecule has 0 saturated heterocycles. The van der Waals surface area contributed by atoms with Crippen molar-refractivity contribution in [1.29, 1.82) is 0 Å². The number of rotatable bonds is 3. The Hall–Kier alpha value is -0.960. The van der Waals surface area contributed by atoms with Crippen molar-refractivity contribution < 1.29 is 8.78 Å². The molecule has 2 rings (SSSR count). The Labute approximate surface area is 107 Å². The van der Waals surface area contributed by atoms with Crippen LogP contribution in [0, 0.1) is 23.5 Å². The molecule has 0 heterocycles. The van der Waals surface area contributed by atoms with Crippen LogP contribution in [-0.2, 0) is 6.42 Å². The van der Waals surface area contributed by atoms with Crippen LogP contribution >= 0.6 is 0 Å². The summed E-state index contributed by atoms with van der Waals surface area (Å²) >= 11 is 0. The molecule has 0 bridgehead atoms. The lowest BCUT2D eigenvalue weighted by Crippen LogP contribution is -2.35. The summed E-state index contributed by atoms with van der Waals surface area (Å²) in [6.45, 7) is 2.26. The van der Waals surface area contributed by atoms with Crippen LogP contribution in [-0.4, -0.2) is 6.04 Å². The quantitative estimate of drug-likeness (QED) is 0.874. The van der Waals surface area contributed by atoms with E-state index < -0.39 is 11.6 Å². The minimum Gasteiger partial charge on any atom is -0.327 e. The molecule has 0 amide bonds. The highest BCUT2D eigenvalue weighted by Crippen LogP contribution is 2.31. The van der Waals surface area contributed by atoms with Gasteiger partial charge in [-0.25, -0.2) is 8.78 Å². The lowest BCUT2D eigenvalue weighted by atomic mass is 9.78. The van der Waals surface area contributed by atoms with Crippen molar-refractivity contribution in [3.63, 3.8) is 0 Å². The largest absolute Gasteiger partial charge is 0.327 e. The second-order valence-electron chi connectivity index (χ2n) is 5.60. The van der Waals surface area contributed by atoms with Crippen molar-refractivity contribution >= 4 is 0 Å². The van der Waals surface area contributed by atoms with Crippen LogP contribution < -0.4 is 5.73 Å². The topological polar surface area (TPSA) is 26.0 Å². The molecule has 0 aromatic heterocycles. The fraction of sp³-hybridized carbons (Fsp3) is 0.600. The van der Waals surface area contributed by atoms with Crippen LogP contribution in [0.25, 0.3) is 0 Å². The van der Waals surface area contributed by atoms with Crippen LogP contribution in [0.4, 0.5) is 8.78 Å². The average molecular weight is 253 g/mol. The van der Waals surface area contributed by atoms with E-state index in [1.807, 2.05) is 0 Å². The molecular formula is C15H21F2N. The number of halogens is 2. The van der Waals surface area contributed by atoms with E-state index in [-0.39, 0.29) is 6.04 Å². The van der Waals surface area contributed by atoms with Crippen molar-refractivity contribution in [2.45, 2.75) is 45.1 Å². The molecule has 3 heteroatoms. The van der Waals surface area contributed by atoms with E-state index >= 15 is 0 Å². The van der Waals surface area contributed by atoms with E-state index in [9.17, 15) is 8.78 Å². The Kier molecular flexibility index (Phi) is 4.33. The van der Waals surface area contributed by atoms with Gasteiger partial charge in [-0.2, -0.15) is 0 Å². The molecule has 0 radical (unpaired) electrons. The summed E-state index contributed by atoms with van der Waals surface area (Å²) < 4.78 is 26.7. The van der Waals surface area contributed by atoms with Crippen LogP contribution in [0.5, 0.6) is 0 Å². The third kappa shape index (κ3) is 3.08. The van der Waals surface area contributed by atoms with E-state index in [1.54, 1.807) is 12.1 Å². The third-order valence-electron chi connectivity index (χ3n) is 4.15. The SMILES string of the molecule is CC1CCC(C(N)Cc2cccc(F)c2F)CC1. The third-order valence-corrected chi connectivity index (χ3v) is 4.15. The summed E-state index contributed by atoms with van der Waals surface area (Å²) in [6.07, 6.45) is 5.05. The van der Waals surface area contributed by atoms with Crippen molar-refractivity contribution in [3.05, 3.63) is 35.4 Å². The lowest BCUT2D eigenvalue weighted by Gasteiger charge is -2.30. The number of nitrogens with two attached hydrogens (primary N) is 1. The summed E-state index contributed by atoms with van der Waals surface area (Å²) in [5.74, 6) is -0.294. The highest BCUT2D eigenvalue weighted by atomic mass is 19.2. The van der Waals surface area contributed by atoms with Gasteiger partial charge < -0.3 is 5.73 Å². The fourth-order valence-corrected chi connectivity index (χ4v) is 2.84. The van der Waals surface area contributed by atoms with Gasteiger partial charge in [-0.1, -0.05) is 31.9 Å². The molecule has 1 saturated carbocycles. The molecule has 1 atom stereocenters. The predicted octanol–water partition coefficient (Wildman–Crippen LogP) is 3.66. The van der Waals surface area contributed by atoms with Crippen molar-refractivity contribution in [3.8, 4) is 0 Å². The van der Waals surface area contributed by atoms with E-state index in [2.05, 4.69) is 6.92 Å². The van der Waals surface area contributed by atoms with E-state index in [0.29, 0.717) is 17.9 Å². The molecule has 18 heavy (non-hydrogen) atoms. The Bertz CT molecular complexity index is 397. The Morgan fingerprint density at radius 3 is 2.56 bits per heavy atom. The molecular weight excluding hydrogens is 232 g/mol. The van der Waals surface area contributed by atoms with Crippen molar-refractivity contribution in [2.75, 3.05) is 0 Å². The van der Waals surface area contributed by atoms with Gasteiger partial charge >= 0.3 is 0 Å². The van der Waals surface area contributed by atoms with Crippen LogP contribution in [0.3, 0.4) is 0 Å². The average Bonchev–Trinajstić information content (AvgIpc) is 2.36. The molecule has 2 N–H and O–H groups in total. The van der Waals surface area contributed by atoms with Gasteiger partial charge in [0.2, 0.25) is 0 Å². The van der Waals surface area contributed by atoms with Gasteiger partial charge in [-0.05, 0) is 42.7 Å².